The van der Waals surface area contributed by atoms with Gasteiger partial charge in [-0.25, -0.2) is 8.42 Å². The van der Waals surface area contributed by atoms with Crippen LogP contribution >= 0.6 is 11.6 Å². The molecule has 2 aromatic carbocycles. The largest absolute Gasteiger partial charge is 0.493 e. The number of benzene rings is 2. The molecule has 1 amide bonds. The summed E-state index contributed by atoms with van der Waals surface area (Å²) in [5.41, 5.74) is 1.77. The number of nitrogens with one attached hydrogen (secondary N) is 1. The first-order valence-electron chi connectivity index (χ1n) is 10.7. The van der Waals surface area contributed by atoms with Gasteiger partial charge < -0.3 is 14.8 Å². The fourth-order valence-electron chi connectivity index (χ4n) is 3.26. The Morgan fingerprint density at radius 2 is 1.82 bits per heavy atom. The number of sulfone groups is 1. The fourth-order valence-corrected chi connectivity index (χ4v) is 4.99. The van der Waals surface area contributed by atoms with E-state index < -0.39 is 21.0 Å². The number of carbonyl (C=O) groups excluding carboxylic acids is 1. The van der Waals surface area contributed by atoms with E-state index in [2.05, 4.69) is 17.2 Å². The van der Waals surface area contributed by atoms with E-state index in [9.17, 15) is 13.2 Å². The summed E-state index contributed by atoms with van der Waals surface area (Å²) in [5.74, 6) is 6.25. The zero-order valence-electron chi connectivity index (χ0n) is 19.4. The van der Waals surface area contributed by atoms with E-state index in [1.165, 1.54) is 0 Å². The summed E-state index contributed by atoms with van der Waals surface area (Å²) < 4.78 is 35.6. The molecule has 1 atom stereocenters. The number of halogens is 1. The first-order valence-corrected chi connectivity index (χ1v) is 12.8. The number of methoxy groups -OCH3 is 1. The third-order valence-electron chi connectivity index (χ3n) is 4.97. The van der Waals surface area contributed by atoms with Crippen molar-refractivity contribution in [3.8, 4) is 23.3 Å². The molecule has 0 fully saturated rings. The molecule has 8 heteroatoms. The lowest BCUT2D eigenvalue weighted by Gasteiger charge is -2.20. The van der Waals surface area contributed by atoms with Gasteiger partial charge in [0.15, 0.2) is 21.3 Å². The minimum atomic E-state index is -3.47. The highest BCUT2D eigenvalue weighted by molar-refractivity contribution is 7.92. The number of rotatable bonds is 10. The van der Waals surface area contributed by atoms with Gasteiger partial charge in [-0.15, -0.1) is 0 Å². The summed E-state index contributed by atoms with van der Waals surface area (Å²) in [6.07, 6.45) is 0.524. The molecule has 0 heterocycles. The molecule has 33 heavy (non-hydrogen) atoms. The molecule has 0 aliphatic carbocycles. The molecule has 2 rings (SSSR count). The molecule has 0 aliphatic rings. The zero-order chi connectivity index (χ0) is 24.4. The Kier molecular flexibility index (Phi) is 10.1. The molecular formula is C25H30ClNO5S. The first kappa shape index (κ1) is 26.6. The monoisotopic (exact) mass is 491 g/mol. The second-order valence-corrected chi connectivity index (χ2v) is 10.6. The lowest BCUT2D eigenvalue weighted by Crippen LogP contribution is -2.44. The van der Waals surface area contributed by atoms with Gasteiger partial charge in [-0.3, -0.25) is 4.79 Å². The first-order chi connectivity index (χ1) is 15.7. The maximum atomic E-state index is 12.5. The lowest BCUT2D eigenvalue weighted by atomic mass is 10.1. The standard InChI is InChI=1S/C25H30ClNO5S/c1-5-33(29,30)24(18(2)3)25(28)27-15-14-20-10-13-22(23(17-20)31-4)32-16-6-7-19-8-11-21(26)12-9-19/h8-13,17-18,24H,5,14-16H2,1-4H3,(H,27,28). The Bertz CT molecular complexity index is 1100. The topological polar surface area (TPSA) is 81.7 Å². The van der Waals surface area contributed by atoms with Gasteiger partial charge in [0, 0.05) is 22.9 Å². The SMILES string of the molecule is CCS(=O)(=O)C(C(=O)NCCc1ccc(OCC#Cc2ccc(Cl)cc2)c(OC)c1)C(C)C. The van der Waals surface area contributed by atoms with Crippen molar-refractivity contribution in [1.29, 1.82) is 0 Å². The molecule has 0 saturated heterocycles. The molecule has 0 aromatic heterocycles. The summed E-state index contributed by atoms with van der Waals surface area (Å²) in [5, 5.41) is 2.37. The van der Waals surface area contributed by atoms with Gasteiger partial charge in [0.05, 0.1) is 7.11 Å². The summed E-state index contributed by atoms with van der Waals surface area (Å²) in [4.78, 5) is 12.5. The quantitative estimate of drug-likeness (QED) is 0.510. The van der Waals surface area contributed by atoms with Gasteiger partial charge in [0.2, 0.25) is 5.91 Å². The fraction of sp³-hybridized carbons (Fsp3) is 0.400. The van der Waals surface area contributed by atoms with E-state index in [4.69, 9.17) is 21.1 Å². The summed E-state index contributed by atoms with van der Waals surface area (Å²) in [7, 11) is -1.91. The minimum Gasteiger partial charge on any atom is -0.493 e. The van der Waals surface area contributed by atoms with Crippen LogP contribution < -0.4 is 14.8 Å². The highest BCUT2D eigenvalue weighted by Gasteiger charge is 2.33. The number of carbonyl (C=O) groups is 1. The van der Waals surface area contributed by atoms with Crippen LogP contribution in [0.2, 0.25) is 5.02 Å². The summed E-state index contributed by atoms with van der Waals surface area (Å²) in [6.45, 7) is 5.53. The zero-order valence-corrected chi connectivity index (χ0v) is 20.9. The van der Waals surface area contributed by atoms with Crippen LogP contribution in [0.5, 0.6) is 11.5 Å². The Morgan fingerprint density at radius 3 is 2.42 bits per heavy atom. The molecule has 0 bridgehead atoms. The summed E-state index contributed by atoms with van der Waals surface area (Å²) >= 11 is 5.86. The van der Waals surface area contributed by atoms with Crippen LogP contribution in [0.15, 0.2) is 42.5 Å². The molecule has 0 aliphatic heterocycles. The molecule has 2 aromatic rings. The Balaban J connectivity index is 1.93. The van der Waals surface area contributed by atoms with Crippen molar-refractivity contribution in [2.75, 3.05) is 26.0 Å². The summed E-state index contributed by atoms with van der Waals surface area (Å²) in [6, 6.07) is 12.7. The second kappa shape index (κ2) is 12.5. The molecular weight excluding hydrogens is 462 g/mol. The van der Waals surface area contributed by atoms with E-state index in [0.717, 1.165) is 11.1 Å². The van der Waals surface area contributed by atoms with Crippen molar-refractivity contribution in [3.05, 3.63) is 58.6 Å². The van der Waals surface area contributed by atoms with Crippen LogP contribution in [0.1, 0.15) is 31.9 Å². The molecule has 1 unspecified atom stereocenters. The van der Waals surface area contributed by atoms with Crippen molar-refractivity contribution in [2.24, 2.45) is 5.92 Å². The third kappa shape index (κ3) is 7.99. The van der Waals surface area contributed by atoms with E-state index in [1.807, 2.05) is 24.3 Å². The van der Waals surface area contributed by atoms with Gasteiger partial charge in [-0.05, 0) is 54.3 Å². The number of ether oxygens (including phenoxy) is 2. The van der Waals surface area contributed by atoms with E-state index in [0.29, 0.717) is 29.5 Å². The van der Waals surface area contributed by atoms with Crippen molar-refractivity contribution < 1.29 is 22.7 Å². The average Bonchev–Trinajstić information content (AvgIpc) is 2.78. The van der Waals surface area contributed by atoms with E-state index in [1.54, 1.807) is 46.1 Å². The molecule has 178 valence electrons. The van der Waals surface area contributed by atoms with Crippen molar-refractivity contribution in [1.82, 2.24) is 5.32 Å². The Hall–Kier alpha value is -2.69. The number of hydrogen-bond acceptors (Lipinski definition) is 5. The highest BCUT2D eigenvalue weighted by Crippen LogP contribution is 2.28. The van der Waals surface area contributed by atoms with Gasteiger partial charge in [0.25, 0.3) is 0 Å². The van der Waals surface area contributed by atoms with Crippen LogP contribution in [0.4, 0.5) is 0 Å². The van der Waals surface area contributed by atoms with Crippen LogP contribution in [-0.2, 0) is 21.1 Å². The predicted octanol–water partition coefficient (Wildman–Crippen LogP) is 3.90. The third-order valence-corrected chi connectivity index (χ3v) is 7.56. The normalized spacial score (nSPS) is 11.9. The van der Waals surface area contributed by atoms with Crippen molar-refractivity contribution >= 4 is 27.3 Å². The molecule has 0 spiro atoms. The van der Waals surface area contributed by atoms with Crippen LogP contribution in [0.25, 0.3) is 0 Å². The van der Waals surface area contributed by atoms with Gasteiger partial charge in [-0.2, -0.15) is 0 Å². The van der Waals surface area contributed by atoms with E-state index >= 15 is 0 Å². The average molecular weight is 492 g/mol. The molecule has 1 N–H and O–H groups in total. The van der Waals surface area contributed by atoms with Gasteiger partial charge in [0.1, 0.15) is 11.9 Å². The van der Waals surface area contributed by atoms with E-state index in [-0.39, 0.29) is 18.3 Å². The van der Waals surface area contributed by atoms with Crippen LogP contribution in [0, 0.1) is 17.8 Å². The Labute approximate surface area is 201 Å². The number of amides is 1. The Morgan fingerprint density at radius 1 is 1.12 bits per heavy atom. The highest BCUT2D eigenvalue weighted by atomic mass is 35.5. The van der Waals surface area contributed by atoms with Gasteiger partial charge >= 0.3 is 0 Å². The van der Waals surface area contributed by atoms with Crippen LogP contribution in [0.3, 0.4) is 0 Å². The lowest BCUT2D eigenvalue weighted by molar-refractivity contribution is -0.121. The smallest absolute Gasteiger partial charge is 0.238 e. The van der Waals surface area contributed by atoms with Crippen LogP contribution in [-0.4, -0.2) is 45.6 Å². The predicted molar refractivity (Wildman–Crippen MR) is 132 cm³/mol. The molecule has 0 radical (unpaired) electrons. The van der Waals surface area contributed by atoms with Crippen molar-refractivity contribution in [2.45, 2.75) is 32.4 Å². The van der Waals surface area contributed by atoms with Gasteiger partial charge in [-0.1, -0.05) is 50.3 Å². The van der Waals surface area contributed by atoms with Crippen molar-refractivity contribution in [3.63, 3.8) is 0 Å². The second-order valence-electron chi connectivity index (χ2n) is 7.74. The molecule has 6 nitrogen and oxygen atoms in total. The minimum absolute atomic E-state index is 0.0635. The number of hydrogen-bond donors (Lipinski definition) is 1. The maximum Gasteiger partial charge on any atom is 0.238 e. The maximum absolute atomic E-state index is 12.5. The molecule has 0 saturated carbocycles.